The van der Waals surface area contributed by atoms with E-state index < -0.39 is 0 Å². The molecule has 15 heavy (non-hydrogen) atoms. The Morgan fingerprint density at radius 3 is 2.87 bits per heavy atom. The number of esters is 1. The molecular formula is C10H18N2O3. The van der Waals surface area contributed by atoms with Gasteiger partial charge in [-0.25, -0.2) is 5.43 Å². The smallest absolute Gasteiger partial charge is 0.310 e. The minimum absolute atomic E-state index is 0.000560. The van der Waals surface area contributed by atoms with Gasteiger partial charge in [-0.15, -0.1) is 0 Å². The molecule has 1 fully saturated rings. The fourth-order valence-electron chi connectivity index (χ4n) is 1.47. The molecule has 86 valence electrons. The number of rotatable bonds is 4. The number of hydrogen-bond donors (Lipinski definition) is 1. The highest BCUT2D eigenvalue weighted by atomic mass is 16.5. The minimum Gasteiger partial charge on any atom is -0.466 e. The van der Waals surface area contributed by atoms with Crippen LogP contribution in [-0.4, -0.2) is 36.6 Å². The van der Waals surface area contributed by atoms with Gasteiger partial charge in [0.15, 0.2) is 0 Å². The van der Waals surface area contributed by atoms with E-state index in [0.717, 1.165) is 0 Å². The normalized spacial score (nSPS) is 23.0. The number of nitrogens with one attached hydrogen (secondary N) is 1. The molecule has 5 heteroatoms. The quantitative estimate of drug-likeness (QED) is 0.678. The summed E-state index contributed by atoms with van der Waals surface area (Å²) in [6.07, 6.45) is 0. The van der Waals surface area contributed by atoms with E-state index >= 15 is 0 Å². The fraction of sp³-hybridized carbons (Fsp3) is 0.800. The second-order valence-electron chi connectivity index (χ2n) is 3.87. The van der Waals surface area contributed by atoms with Crippen molar-refractivity contribution in [3.8, 4) is 0 Å². The first kappa shape index (κ1) is 12.0. The van der Waals surface area contributed by atoms with Crippen LogP contribution in [0.3, 0.4) is 0 Å². The first-order valence-corrected chi connectivity index (χ1v) is 5.27. The maximum atomic E-state index is 11.5. The Balaban J connectivity index is 2.41. The monoisotopic (exact) mass is 214 g/mol. The van der Waals surface area contributed by atoms with E-state index in [1.807, 2.05) is 6.92 Å². The largest absolute Gasteiger partial charge is 0.466 e. The predicted octanol–water partition coefficient (Wildman–Crippen LogP) is 0.168. The van der Waals surface area contributed by atoms with Crippen LogP contribution in [0, 0.1) is 11.8 Å². The van der Waals surface area contributed by atoms with Crippen LogP contribution in [0.5, 0.6) is 0 Å². The van der Waals surface area contributed by atoms with Crippen LogP contribution in [-0.2, 0) is 14.3 Å². The van der Waals surface area contributed by atoms with E-state index in [1.165, 1.54) is 5.01 Å². The molecule has 2 unspecified atom stereocenters. The lowest BCUT2D eigenvalue weighted by molar-refractivity contribution is -0.149. The molecule has 1 aliphatic heterocycles. The molecule has 0 aromatic rings. The topological polar surface area (TPSA) is 58.6 Å². The summed E-state index contributed by atoms with van der Waals surface area (Å²) in [5.74, 6) is -0.496. The first-order valence-electron chi connectivity index (χ1n) is 5.27. The van der Waals surface area contributed by atoms with Gasteiger partial charge in [0.25, 0.3) is 0 Å². The number of ether oxygens (including phenoxy) is 1. The SMILES string of the molecule is CCOC(=O)C(C)CN1NCC(C)C1=O. The molecule has 2 atom stereocenters. The van der Waals surface area contributed by atoms with Crippen LogP contribution >= 0.6 is 0 Å². The zero-order valence-corrected chi connectivity index (χ0v) is 9.45. The number of hydrogen-bond acceptors (Lipinski definition) is 4. The molecule has 1 aliphatic rings. The van der Waals surface area contributed by atoms with Crippen molar-refractivity contribution >= 4 is 11.9 Å². The van der Waals surface area contributed by atoms with E-state index in [2.05, 4.69) is 5.43 Å². The maximum Gasteiger partial charge on any atom is 0.310 e. The Hall–Kier alpha value is -1.10. The Morgan fingerprint density at radius 1 is 1.73 bits per heavy atom. The molecule has 0 radical (unpaired) electrons. The highest BCUT2D eigenvalue weighted by molar-refractivity contribution is 5.81. The molecule has 0 aromatic carbocycles. The summed E-state index contributed by atoms with van der Waals surface area (Å²) >= 11 is 0. The molecule has 1 N–H and O–H groups in total. The van der Waals surface area contributed by atoms with Gasteiger partial charge in [0.05, 0.1) is 25.0 Å². The van der Waals surface area contributed by atoms with E-state index in [1.54, 1.807) is 13.8 Å². The summed E-state index contributed by atoms with van der Waals surface area (Å²) < 4.78 is 4.87. The van der Waals surface area contributed by atoms with Gasteiger partial charge < -0.3 is 4.74 Å². The van der Waals surface area contributed by atoms with Crippen molar-refractivity contribution in [3.63, 3.8) is 0 Å². The van der Waals surface area contributed by atoms with Gasteiger partial charge >= 0.3 is 5.97 Å². The second-order valence-corrected chi connectivity index (χ2v) is 3.87. The van der Waals surface area contributed by atoms with E-state index in [0.29, 0.717) is 19.7 Å². The van der Waals surface area contributed by atoms with Crippen LogP contribution in [0.15, 0.2) is 0 Å². The average Bonchev–Trinajstić information content (AvgIpc) is 2.50. The molecule has 1 saturated heterocycles. The van der Waals surface area contributed by atoms with Gasteiger partial charge in [-0.1, -0.05) is 13.8 Å². The van der Waals surface area contributed by atoms with Gasteiger partial charge in [-0.05, 0) is 6.92 Å². The maximum absolute atomic E-state index is 11.5. The summed E-state index contributed by atoms with van der Waals surface area (Å²) in [4.78, 5) is 22.9. The molecule has 0 spiro atoms. The van der Waals surface area contributed by atoms with E-state index in [4.69, 9.17) is 4.74 Å². The molecule has 0 aromatic heterocycles. The number of nitrogens with zero attached hydrogens (tertiary/aromatic N) is 1. The molecule has 1 amide bonds. The predicted molar refractivity (Wildman–Crippen MR) is 54.7 cm³/mol. The summed E-state index contributed by atoms with van der Waals surface area (Å²) in [6, 6.07) is 0. The Kier molecular flexibility index (Phi) is 4.08. The molecule has 1 heterocycles. The van der Waals surface area contributed by atoms with Crippen molar-refractivity contribution in [2.45, 2.75) is 20.8 Å². The van der Waals surface area contributed by atoms with Crippen LogP contribution in [0.2, 0.25) is 0 Å². The lowest BCUT2D eigenvalue weighted by Crippen LogP contribution is -2.40. The van der Waals surface area contributed by atoms with Gasteiger partial charge in [-0.2, -0.15) is 0 Å². The third kappa shape index (κ3) is 2.92. The molecule has 0 bridgehead atoms. The zero-order valence-electron chi connectivity index (χ0n) is 9.45. The van der Waals surface area contributed by atoms with Crippen molar-refractivity contribution in [2.75, 3.05) is 19.7 Å². The van der Waals surface area contributed by atoms with Crippen molar-refractivity contribution in [1.29, 1.82) is 0 Å². The minimum atomic E-state index is -0.285. The van der Waals surface area contributed by atoms with Gasteiger partial charge in [0.1, 0.15) is 0 Å². The van der Waals surface area contributed by atoms with E-state index in [9.17, 15) is 9.59 Å². The average molecular weight is 214 g/mol. The molecule has 5 nitrogen and oxygen atoms in total. The molecule has 0 aliphatic carbocycles. The summed E-state index contributed by atoms with van der Waals surface area (Å²) in [5, 5.41) is 1.51. The summed E-state index contributed by atoms with van der Waals surface area (Å²) in [6.45, 7) is 6.80. The zero-order chi connectivity index (χ0) is 11.4. The van der Waals surface area contributed by atoms with Gasteiger partial charge in [0, 0.05) is 6.54 Å². The Labute approximate surface area is 89.7 Å². The number of carbonyl (C=O) groups excluding carboxylic acids is 2. The molecule has 1 rings (SSSR count). The Morgan fingerprint density at radius 2 is 2.40 bits per heavy atom. The third-order valence-corrected chi connectivity index (χ3v) is 2.42. The number of carbonyl (C=O) groups is 2. The van der Waals surface area contributed by atoms with E-state index in [-0.39, 0.29) is 23.7 Å². The summed E-state index contributed by atoms with van der Waals surface area (Å²) in [5.41, 5.74) is 2.96. The molecular weight excluding hydrogens is 196 g/mol. The third-order valence-electron chi connectivity index (χ3n) is 2.42. The molecule has 0 saturated carbocycles. The second kappa shape index (κ2) is 5.11. The highest BCUT2D eigenvalue weighted by Gasteiger charge is 2.30. The first-order chi connectivity index (χ1) is 7.06. The van der Waals surface area contributed by atoms with Crippen LogP contribution in [0.4, 0.5) is 0 Å². The standard InChI is InChI=1S/C10H18N2O3/c1-4-15-10(14)8(3)6-12-9(13)7(2)5-11-12/h7-8,11H,4-6H2,1-3H3. The van der Waals surface area contributed by atoms with Crippen LogP contribution in [0.1, 0.15) is 20.8 Å². The number of amides is 1. The van der Waals surface area contributed by atoms with Crippen molar-refractivity contribution in [2.24, 2.45) is 11.8 Å². The van der Waals surface area contributed by atoms with Gasteiger partial charge in [0.2, 0.25) is 5.91 Å². The van der Waals surface area contributed by atoms with Gasteiger partial charge in [-0.3, -0.25) is 14.6 Å². The lowest BCUT2D eigenvalue weighted by atomic mass is 10.1. The van der Waals surface area contributed by atoms with Crippen molar-refractivity contribution < 1.29 is 14.3 Å². The van der Waals surface area contributed by atoms with Crippen molar-refractivity contribution in [3.05, 3.63) is 0 Å². The Bertz CT molecular complexity index is 255. The van der Waals surface area contributed by atoms with Crippen LogP contribution in [0.25, 0.3) is 0 Å². The fourth-order valence-corrected chi connectivity index (χ4v) is 1.47. The number of hydrazine groups is 1. The lowest BCUT2D eigenvalue weighted by Gasteiger charge is -2.19. The highest BCUT2D eigenvalue weighted by Crippen LogP contribution is 2.10. The summed E-state index contributed by atoms with van der Waals surface area (Å²) in [7, 11) is 0. The van der Waals surface area contributed by atoms with Crippen LogP contribution < -0.4 is 5.43 Å². The van der Waals surface area contributed by atoms with Crippen molar-refractivity contribution in [1.82, 2.24) is 10.4 Å².